The van der Waals surface area contributed by atoms with E-state index in [0.29, 0.717) is 28.6 Å². The minimum Gasteiger partial charge on any atom is -0.478 e. The van der Waals surface area contributed by atoms with Crippen LogP contribution in [0, 0.1) is 11.3 Å². The molecule has 1 aliphatic carbocycles. The Morgan fingerprint density at radius 3 is 2.54 bits per heavy atom. The van der Waals surface area contributed by atoms with Crippen LogP contribution in [-0.4, -0.2) is 27.0 Å². The second-order valence-corrected chi connectivity index (χ2v) is 9.99. The van der Waals surface area contributed by atoms with Gasteiger partial charge in [0.1, 0.15) is 5.75 Å². The first kappa shape index (κ1) is 24.6. The molecule has 4 rings (SSSR count). The number of nitrogens with zero attached hydrogens (tertiary/aromatic N) is 2. The lowest BCUT2D eigenvalue weighted by atomic mass is 9.70. The molecule has 35 heavy (non-hydrogen) atoms. The molecule has 1 saturated carbocycles. The Morgan fingerprint density at radius 1 is 1.20 bits per heavy atom. The summed E-state index contributed by atoms with van der Waals surface area (Å²) < 4.78 is 43.6. The number of imidazole rings is 1. The molecule has 6 nitrogen and oxygen atoms in total. The maximum absolute atomic E-state index is 12.5. The molecule has 0 saturated heterocycles. The molecule has 2 atom stereocenters. The highest BCUT2D eigenvalue weighted by Crippen LogP contribution is 2.46. The number of aromatic nitrogens is 2. The van der Waals surface area contributed by atoms with Crippen molar-refractivity contribution >= 4 is 34.7 Å². The lowest BCUT2D eigenvalue weighted by molar-refractivity contribution is -0.274. The Morgan fingerprint density at radius 2 is 1.91 bits per heavy atom. The second-order valence-electron chi connectivity index (χ2n) is 9.99. The monoisotopic (exact) mass is 487 g/mol. The fourth-order valence-electron chi connectivity index (χ4n) is 5.21. The van der Waals surface area contributed by atoms with Gasteiger partial charge in [-0.05, 0) is 78.6 Å². The van der Waals surface area contributed by atoms with E-state index in [9.17, 15) is 18.0 Å². The fourth-order valence-corrected chi connectivity index (χ4v) is 5.21. The van der Waals surface area contributed by atoms with Crippen LogP contribution in [0.15, 0.2) is 48.5 Å². The number of halogens is 3. The molecule has 1 aromatic heterocycles. The fraction of sp³-hybridized carbons (Fsp3) is 0.385. The molecule has 0 unspecified atom stereocenters. The Kier molecular flexibility index (Phi) is 6.53. The third-order valence-electron chi connectivity index (χ3n) is 6.20. The van der Waals surface area contributed by atoms with Gasteiger partial charge >= 0.3 is 12.3 Å². The van der Waals surface area contributed by atoms with Gasteiger partial charge in [-0.25, -0.2) is 9.78 Å². The van der Waals surface area contributed by atoms with Gasteiger partial charge in [0.15, 0.2) is 0 Å². The lowest BCUT2D eigenvalue weighted by Gasteiger charge is -2.40. The summed E-state index contributed by atoms with van der Waals surface area (Å²) in [7, 11) is 0. The molecule has 3 aromatic rings. The van der Waals surface area contributed by atoms with Crippen LogP contribution in [0.25, 0.3) is 17.1 Å². The number of carbonyl (C=O) groups is 1. The average Bonchev–Trinajstić information content (AvgIpc) is 3.08. The van der Waals surface area contributed by atoms with Crippen molar-refractivity contribution in [2.45, 2.75) is 52.4 Å². The third-order valence-corrected chi connectivity index (χ3v) is 6.20. The number of rotatable bonds is 6. The lowest BCUT2D eigenvalue weighted by Crippen LogP contribution is -2.29. The first-order chi connectivity index (χ1) is 16.4. The molecule has 2 aromatic carbocycles. The number of hydrogen-bond acceptors (Lipinski definition) is 4. The summed E-state index contributed by atoms with van der Waals surface area (Å²) in [6, 6.07) is 11.3. The summed E-state index contributed by atoms with van der Waals surface area (Å²) in [6.45, 7) is 6.76. The number of carboxylic acid groups (broad SMARTS) is 1. The number of fused-ring (bicyclic) bond motifs is 1. The molecular weight excluding hydrogens is 459 g/mol. The number of ether oxygens (including phenoxy) is 1. The minimum absolute atomic E-state index is 0.150. The maximum atomic E-state index is 12.5. The summed E-state index contributed by atoms with van der Waals surface area (Å²) in [5.74, 6) is -0.229. The maximum Gasteiger partial charge on any atom is 0.573 e. The molecule has 1 aliphatic rings. The highest BCUT2D eigenvalue weighted by molar-refractivity contribution is 5.87. The number of alkyl halides is 3. The van der Waals surface area contributed by atoms with Crippen molar-refractivity contribution in [2.75, 3.05) is 5.32 Å². The number of aliphatic carboxylic acids is 1. The standard InChI is InChI=1S/C26H28F3N3O3/c1-16-12-19(15-25(2,3)14-16)32-22-10-4-17(5-11-23(33)34)13-21(22)31-24(32)30-18-6-8-20(9-7-18)35-26(27,28)29/h4-11,13,16,19H,12,14-15H2,1-3H3,(H,30,31)(H,33,34)/t16-,19+/m1/s1. The molecule has 2 N–H and O–H groups in total. The topological polar surface area (TPSA) is 76.4 Å². The SMILES string of the molecule is C[C@@H]1C[C@H](n2c(Nc3ccc(OC(F)(F)F)cc3)nc3cc(C=CC(=O)O)ccc32)CC(C)(C)C1. The van der Waals surface area contributed by atoms with E-state index >= 15 is 0 Å². The van der Waals surface area contributed by atoms with E-state index in [2.05, 4.69) is 35.4 Å². The van der Waals surface area contributed by atoms with Gasteiger partial charge in [0, 0.05) is 17.8 Å². The van der Waals surface area contributed by atoms with E-state index in [0.717, 1.165) is 30.9 Å². The van der Waals surface area contributed by atoms with Crippen LogP contribution in [-0.2, 0) is 4.79 Å². The Labute approximate surface area is 201 Å². The molecule has 0 spiro atoms. The van der Waals surface area contributed by atoms with Crippen molar-refractivity contribution < 1.29 is 27.8 Å². The van der Waals surface area contributed by atoms with E-state index in [4.69, 9.17) is 10.1 Å². The van der Waals surface area contributed by atoms with Gasteiger partial charge in [0.25, 0.3) is 0 Å². The molecular formula is C26H28F3N3O3. The minimum atomic E-state index is -4.75. The largest absolute Gasteiger partial charge is 0.573 e. The van der Waals surface area contributed by atoms with Crippen LogP contribution in [0.5, 0.6) is 5.75 Å². The molecule has 1 heterocycles. The van der Waals surface area contributed by atoms with E-state index in [1.807, 2.05) is 18.2 Å². The predicted molar refractivity (Wildman–Crippen MR) is 129 cm³/mol. The smallest absolute Gasteiger partial charge is 0.478 e. The van der Waals surface area contributed by atoms with Crippen molar-refractivity contribution in [3.63, 3.8) is 0 Å². The Balaban J connectivity index is 1.73. The quantitative estimate of drug-likeness (QED) is 0.361. The zero-order chi connectivity index (χ0) is 25.4. The normalized spacial score (nSPS) is 20.3. The highest BCUT2D eigenvalue weighted by atomic mass is 19.4. The molecule has 0 amide bonds. The number of hydrogen-bond donors (Lipinski definition) is 2. The van der Waals surface area contributed by atoms with Crippen molar-refractivity contribution in [3.8, 4) is 5.75 Å². The summed E-state index contributed by atoms with van der Waals surface area (Å²) in [5, 5.41) is 12.2. The third kappa shape index (κ3) is 6.15. The summed E-state index contributed by atoms with van der Waals surface area (Å²) in [5.41, 5.74) is 3.05. The highest BCUT2D eigenvalue weighted by Gasteiger charge is 2.35. The summed E-state index contributed by atoms with van der Waals surface area (Å²) in [4.78, 5) is 15.7. The van der Waals surface area contributed by atoms with E-state index in [1.54, 1.807) is 0 Å². The van der Waals surface area contributed by atoms with Gasteiger partial charge in [-0.1, -0.05) is 26.8 Å². The van der Waals surface area contributed by atoms with Gasteiger partial charge in [0.2, 0.25) is 5.95 Å². The van der Waals surface area contributed by atoms with Gasteiger partial charge in [-0.15, -0.1) is 13.2 Å². The van der Waals surface area contributed by atoms with E-state index < -0.39 is 12.3 Å². The first-order valence-corrected chi connectivity index (χ1v) is 11.4. The second kappa shape index (κ2) is 9.28. The van der Waals surface area contributed by atoms with Crippen molar-refractivity contribution in [3.05, 3.63) is 54.1 Å². The Hall–Kier alpha value is -3.49. The number of nitrogens with one attached hydrogen (secondary N) is 1. The van der Waals surface area contributed by atoms with Gasteiger partial charge in [-0.3, -0.25) is 0 Å². The zero-order valence-corrected chi connectivity index (χ0v) is 19.8. The van der Waals surface area contributed by atoms with Crippen LogP contribution < -0.4 is 10.1 Å². The van der Waals surface area contributed by atoms with Crippen molar-refractivity contribution in [1.29, 1.82) is 0 Å². The molecule has 1 fully saturated rings. The number of benzene rings is 2. The summed E-state index contributed by atoms with van der Waals surface area (Å²) in [6.07, 6.45) is 0.898. The van der Waals surface area contributed by atoms with E-state index in [-0.39, 0.29) is 17.2 Å². The van der Waals surface area contributed by atoms with E-state index in [1.165, 1.54) is 30.3 Å². The molecule has 0 bridgehead atoms. The number of carboxylic acids is 1. The van der Waals surface area contributed by atoms with Crippen LogP contribution in [0.1, 0.15) is 51.6 Å². The van der Waals surface area contributed by atoms with Gasteiger partial charge in [0.05, 0.1) is 11.0 Å². The molecule has 0 radical (unpaired) electrons. The van der Waals surface area contributed by atoms with Crippen LogP contribution >= 0.6 is 0 Å². The van der Waals surface area contributed by atoms with Crippen LogP contribution in [0.2, 0.25) is 0 Å². The van der Waals surface area contributed by atoms with Gasteiger partial charge in [-0.2, -0.15) is 0 Å². The van der Waals surface area contributed by atoms with Crippen molar-refractivity contribution in [2.24, 2.45) is 11.3 Å². The Bertz CT molecular complexity index is 1250. The molecule has 186 valence electrons. The predicted octanol–water partition coefficient (Wildman–Crippen LogP) is 7.16. The summed E-state index contributed by atoms with van der Waals surface area (Å²) >= 11 is 0. The first-order valence-electron chi connectivity index (χ1n) is 11.4. The zero-order valence-electron chi connectivity index (χ0n) is 19.8. The molecule has 9 heteroatoms. The average molecular weight is 488 g/mol. The van der Waals surface area contributed by atoms with Gasteiger partial charge < -0.3 is 19.7 Å². The number of anilines is 2. The molecule has 0 aliphatic heterocycles. The van der Waals surface area contributed by atoms with Crippen molar-refractivity contribution in [1.82, 2.24) is 9.55 Å². The van der Waals surface area contributed by atoms with Crippen LogP contribution in [0.3, 0.4) is 0 Å². The van der Waals surface area contributed by atoms with Crippen LogP contribution in [0.4, 0.5) is 24.8 Å².